The van der Waals surface area contributed by atoms with Crippen molar-refractivity contribution in [3.63, 3.8) is 0 Å². The quantitative estimate of drug-likeness (QED) is 0.828. The second kappa shape index (κ2) is 6.27. The van der Waals surface area contributed by atoms with E-state index in [1.54, 1.807) is 0 Å². The Morgan fingerprint density at radius 2 is 2.19 bits per heavy atom. The van der Waals surface area contributed by atoms with Gasteiger partial charge < -0.3 is 5.32 Å². The first-order valence-electron chi connectivity index (χ1n) is 7.57. The van der Waals surface area contributed by atoms with E-state index in [2.05, 4.69) is 50.5 Å². The molecule has 0 bridgehead atoms. The summed E-state index contributed by atoms with van der Waals surface area (Å²) in [7, 11) is 0. The number of nitrogens with zero attached hydrogens (tertiary/aromatic N) is 5. The average Bonchev–Trinajstić information content (AvgIpc) is 3.14. The monoisotopic (exact) mass is 352 g/mol. The minimum absolute atomic E-state index is 0.692. The van der Waals surface area contributed by atoms with Crippen LogP contribution in [0, 0.1) is 0 Å². The first-order valence-corrected chi connectivity index (χ1v) is 8.37. The molecule has 0 spiro atoms. The van der Waals surface area contributed by atoms with E-state index in [1.807, 2.05) is 15.6 Å². The van der Waals surface area contributed by atoms with Gasteiger partial charge in [0.25, 0.3) is 0 Å². The molecular formula is C14H21BrN6. The molecular weight excluding hydrogens is 332 g/mol. The lowest BCUT2D eigenvalue weighted by atomic mass is 10.3. The second-order valence-corrected chi connectivity index (χ2v) is 6.23. The molecule has 6 nitrogen and oxygen atoms in total. The fraction of sp³-hybridized carbons (Fsp3) is 0.643. The van der Waals surface area contributed by atoms with E-state index < -0.39 is 0 Å². The fourth-order valence-corrected chi connectivity index (χ4v) is 3.04. The summed E-state index contributed by atoms with van der Waals surface area (Å²) >= 11 is 3.67. The highest BCUT2D eigenvalue weighted by atomic mass is 79.9. The lowest BCUT2D eigenvalue weighted by Crippen LogP contribution is -2.15. The third kappa shape index (κ3) is 3.35. The zero-order valence-corrected chi connectivity index (χ0v) is 14.1. The molecule has 2 heterocycles. The molecule has 1 aliphatic carbocycles. The third-order valence-corrected chi connectivity index (χ3v) is 4.66. The van der Waals surface area contributed by atoms with Crippen molar-refractivity contribution in [1.29, 1.82) is 0 Å². The predicted molar refractivity (Wildman–Crippen MR) is 84.0 cm³/mol. The molecule has 21 heavy (non-hydrogen) atoms. The lowest BCUT2D eigenvalue weighted by molar-refractivity contribution is 0.562. The molecule has 1 aliphatic rings. The Kier molecular flexibility index (Phi) is 4.40. The van der Waals surface area contributed by atoms with Gasteiger partial charge in [-0.3, -0.25) is 4.68 Å². The molecule has 0 amide bonds. The first kappa shape index (κ1) is 14.7. The number of halogens is 1. The van der Waals surface area contributed by atoms with Gasteiger partial charge in [0.05, 0.1) is 34.3 Å². The van der Waals surface area contributed by atoms with Gasteiger partial charge >= 0.3 is 0 Å². The van der Waals surface area contributed by atoms with E-state index in [0.29, 0.717) is 12.6 Å². The van der Waals surface area contributed by atoms with Crippen LogP contribution in [0.25, 0.3) is 0 Å². The number of hydrogen-bond donors (Lipinski definition) is 1. The molecule has 2 aromatic heterocycles. The predicted octanol–water partition coefficient (Wildman–Crippen LogP) is 2.12. The summed E-state index contributed by atoms with van der Waals surface area (Å²) in [4.78, 5) is 0. The summed E-state index contributed by atoms with van der Waals surface area (Å²) < 4.78 is 5.02. The molecule has 1 N–H and O–H groups in total. The van der Waals surface area contributed by atoms with Gasteiger partial charge in [0.2, 0.25) is 0 Å². The van der Waals surface area contributed by atoms with Crippen LogP contribution in [0.2, 0.25) is 0 Å². The molecule has 1 fully saturated rings. The number of nitrogens with one attached hydrogen (secondary N) is 1. The van der Waals surface area contributed by atoms with Gasteiger partial charge in [-0.2, -0.15) is 5.10 Å². The molecule has 0 atom stereocenters. The van der Waals surface area contributed by atoms with Gasteiger partial charge in [0.1, 0.15) is 0 Å². The van der Waals surface area contributed by atoms with Crippen LogP contribution in [0.1, 0.15) is 43.8 Å². The van der Waals surface area contributed by atoms with E-state index in [-0.39, 0.29) is 0 Å². The maximum atomic E-state index is 4.61. The van der Waals surface area contributed by atoms with E-state index in [4.69, 9.17) is 0 Å². The normalized spacial score (nSPS) is 14.8. The summed E-state index contributed by atoms with van der Waals surface area (Å²) in [5, 5.41) is 16.5. The van der Waals surface area contributed by atoms with Gasteiger partial charge in [-0.15, -0.1) is 5.10 Å². The van der Waals surface area contributed by atoms with Crippen LogP contribution in [0.4, 0.5) is 0 Å². The Hall–Kier alpha value is -1.21. The smallest absolute Gasteiger partial charge is 0.0965 e. The molecule has 0 aliphatic heterocycles. The molecule has 1 saturated carbocycles. The van der Waals surface area contributed by atoms with Crippen LogP contribution in [-0.2, 0) is 26.1 Å². The van der Waals surface area contributed by atoms with E-state index >= 15 is 0 Å². The molecule has 0 saturated heterocycles. The number of hydrogen-bond acceptors (Lipinski definition) is 4. The standard InChI is InChI=1S/C14H21BrN6/c1-3-12-14(15)13(21(4-2)18-12)9-20-8-11(17-19-20)7-16-10-5-6-10/h8,10,16H,3-7,9H2,1-2H3. The van der Waals surface area contributed by atoms with Crippen LogP contribution in [0.3, 0.4) is 0 Å². The van der Waals surface area contributed by atoms with E-state index in [9.17, 15) is 0 Å². The summed E-state index contributed by atoms with van der Waals surface area (Å²) in [6.45, 7) is 6.58. The lowest BCUT2D eigenvalue weighted by Gasteiger charge is -2.04. The Morgan fingerprint density at radius 3 is 2.86 bits per heavy atom. The number of aryl methyl sites for hydroxylation is 2. The molecule has 114 valence electrons. The zero-order valence-electron chi connectivity index (χ0n) is 12.5. The van der Waals surface area contributed by atoms with Gasteiger partial charge in [-0.25, -0.2) is 4.68 Å². The number of aromatic nitrogens is 5. The highest BCUT2D eigenvalue weighted by Gasteiger charge is 2.20. The van der Waals surface area contributed by atoms with Crippen molar-refractivity contribution in [2.75, 3.05) is 0 Å². The minimum Gasteiger partial charge on any atom is -0.308 e. The fourth-order valence-electron chi connectivity index (χ4n) is 2.35. The van der Waals surface area contributed by atoms with Crippen LogP contribution in [0.5, 0.6) is 0 Å². The van der Waals surface area contributed by atoms with Crippen molar-refractivity contribution in [3.05, 3.63) is 27.8 Å². The van der Waals surface area contributed by atoms with Crippen molar-refractivity contribution < 1.29 is 0 Å². The Morgan fingerprint density at radius 1 is 1.38 bits per heavy atom. The summed E-state index contributed by atoms with van der Waals surface area (Å²) in [6.07, 6.45) is 5.52. The number of rotatable bonds is 7. The highest BCUT2D eigenvalue weighted by molar-refractivity contribution is 9.10. The summed E-state index contributed by atoms with van der Waals surface area (Å²) in [6, 6.07) is 0.693. The van der Waals surface area contributed by atoms with Crippen molar-refractivity contribution in [2.45, 2.75) is 58.8 Å². The van der Waals surface area contributed by atoms with Crippen LogP contribution >= 0.6 is 15.9 Å². The van der Waals surface area contributed by atoms with E-state index in [0.717, 1.165) is 41.1 Å². The molecule has 0 aromatic carbocycles. The Bertz CT molecular complexity index is 613. The Labute approximate surface area is 133 Å². The molecule has 0 unspecified atom stereocenters. The van der Waals surface area contributed by atoms with Crippen molar-refractivity contribution in [3.8, 4) is 0 Å². The maximum Gasteiger partial charge on any atom is 0.0965 e. The van der Waals surface area contributed by atoms with Gasteiger partial charge in [-0.05, 0) is 42.1 Å². The van der Waals surface area contributed by atoms with Crippen molar-refractivity contribution >= 4 is 15.9 Å². The van der Waals surface area contributed by atoms with E-state index in [1.165, 1.54) is 12.8 Å². The minimum atomic E-state index is 0.692. The molecule has 7 heteroatoms. The molecule has 3 rings (SSSR count). The van der Waals surface area contributed by atoms with Gasteiger partial charge in [0.15, 0.2) is 0 Å². The third-order valence-electron chi connectivity index (χ3n) is 3.74. The topological polar surface area (TPSA) is 60.6 Å². The van der Waals surface area contributed by atoms with Crippen molar-refractivity contribution in [2.24, 2.45) is 0 Å². The van der Waals surface area contributed by atoms with Crippen LogP contribution in [0.15, 0.2) is 10.7 Å². The summed E-state index contributed by atoms with van der Waals surface area (Å²) in [5.74, 6) is 0. The molecule has 0 radical (unpaired) electrons. The summed E-state index contributed by atoms with van der Waals surface area (Å²) in [5.41, 5.74) is 3.25. The van der Waals surface area contributed by atoms with Gasteiger partial charge in [-0.1, -0.05) is 12.1 Å². The van der Waals surface area contributed by atoms with Crippen LogP contribution < -0.4 is 5.32 Å². The molecule has 2 aromatic rings. The first-order chi connectivity index (χ1) is 10.2. The SMILES string of the molecule is CCc1nn(CC)c(Cn2cc(CNC3CC3)nn2)c1Br. The maximum absolute atomic E-state index is 4.61. The average molecular weight is 353 g/mol. The van der Waals surface area contributed by atoms with Gasteiger partial charge in [0, 0.05) is 19.1 Å². The van der Waals surface area contributed by atoms with Crippen LogP contribution in [-0.4, -0.2) is 30.8 Å². The zero-order chi connectivity index (χ0) is 14.8. The second-order valence-electron chi connectivity index (χ2n) is 5.44. The Balaban J connectivity index is 1.71. The van der Waals surface area contributed by atoms with Crippen molar-refractivity contribution in [1.82, 2.24) is 30.1 Å². The largest absolute Gasteiger partial charge is 0.308 e. The highest BCUT2D eigenvalue weighted by Crippen LogP contribution is 2.23.